The van der Waals surface area contributed by atoms with Crippen LogP contribution in [-0.2, 0) is 0 Å². The maximum atomic E-state index is 3.96. The molecule has 2 nitrogen and oxygen atoms in total. The Balaban J connectivity index is 1.41. The van der Waals surface area contributed by atoms with Gasteiger partial charge in [-0.3, -0.25) is 0 Å². The van der Waals surface area contributed by atoms with Gasteiger partial charge in [0, 0.05) is 38.6 Å². The largest absolute Gasteiger partial charge is 0.357 e. The number of allylic oxidation sites excluding steroid dienone is 9. The van der Waals surface area contributed by atoms with Crippen LogP contribution in [0.5, 0.6) is 0 Å². The van der Waals surface area contributed by atoms with Gasteiger partial charge >= 0.3 is 0 Å². The van der Waals surface area contributed by atoms with Gasteiger partial charge in [0.1, 0.15) is 0 Å². The van der Waals surface area contributed by atoms with E-state index in [4.69, 9.17) is 0 Å². The molecule has 0 heterocycles. The van der Waals surface area contributed by atoms with Crippen molar-refractivity contribution in [2.75, 3.05) is 9.80 Å². The van der Waals surface area contributed by atoms with E-state index in [1.54, 1.807) is 0 Å². The maximum Gasteiger partial charge on any atom is 0.0546 e. The van der Waals surface area contributed by atoms with Gasteiger partial charge in [-0.05, 0) is 112 Å². The first kappa shape index (κ1) is 40.7. The molecule has 0 spiro atoms. The van der Waals surface area contributed by atoms with Crippen molar-refractivity contribution in [1.82, 2.24) is 0 Å². The van der Waals surface area contributed by atoms with Crippen LogP contribution in [0.1, 0.15) is 65.0 Å². The van der Waals surface area contributed by atoms with Crippen LogP contribution < -0.4 is 9.80 Å². The van der Waals surface area contributed by atoms with Gasteiger partial charge in [-0.1, -0.05) is 193 Å². The predicted molar refractivity (Wildman–Crippen MR) is 272 cm³/mol. The van der Waals surface area contributed by atoms with E-state index >= 15 is 0 Å². The van der Waals surface area contributed by atoms with E-state index in [-0.39, 0.29) is 12.1 Å². The quantitative estimate of drug-likeness (QED) is 0.0896. The van der Waals surface area contributed by atoms with E-state index in [2.05, 4.69) is 234 Å². The molecule has 2 heteroatoms. The van der Waals surface area contributed by atoms with Crippen LogP contribution in [0.2, 0.25) is 0 Å². The highest BCUT2D eigenvalue weighted by Crippen LogP contribution is 2.51. The fourth-order valence-corrected chi connectivity index (χ4v) is 9.79. The summed E-state index contributed by atoms with van der Waals surface area (Å²) in [6.45, 7) is 17.7. The summed E-state index contributed by atoms with van der Waals surface area (Å²) in [5.74, 6) is 1.27. The highest BCUT2D eigenvalue weighted by Gasteiger charge is 2.32. The molecule has 62 heavy (non-hydrogen) atoms. The molecular weight excluding hydrogens is 749 g/mol. The Bertz CT molecular complexity index is 2920. The van der Waals surface area contributed by atoms with Crippen molar-refractivity contribution in [2.24, 2.45) is 11.8 Å². The molecular formula is C60H58N2. The van der Waals surface area contributed by atoms with Gasteiger partial charge in [-0.15, -0.1) is 0 Å². The molecule has 0 radical (unpaired) electrons. The number of hydrogen-bond donors (Lipinski definition) is 0. The Morgan fingerprint density at radius 3 is 1.97 bits per heavy atom. The molecule has 7 aromatic carbocycles. The topological polar surface area (TPSA) is 6.48 Å². The smallest absolute Gasteiger partial charge is 0.0546 e. The van der Waals surface area contributed by atoms with Gasteiger partial charge in [-0.2, -0.15) is 0 Å². The van der Waals surface area contributed by atoms with Gasteiger partial charge in [0.25, 0.3) is 0 Å². The van der Waals surface area contributed by atoms with Gasteiger partial charge in [0.05, 0.1) is 17.8 Å². The zero-order chi connectivity index (χ0) is 42.9. The SMILES string of the molecule is C=C/C=C\C=C(/C)c1cc(N(C2C=CC(C(C)C)=CC2)C2C=CC=CC2C)c2ccc3c(-c4ccccc4)cc(N(c4ccccc4)c4ccc(C(C)C)cc4)c4ccc1c2c34. The Morgan fingerprint density at radius 2 is 1.31 bits per heavy atom. The third kappa shape index (κ3) is 7.53. The molecule has 0 saturated heterocycles. The summed E-state index contributed by atoms with van der Waals surface area (Å²) in [6, 6.07) is 45.9. The van der Waals surface area contributed by atoms with E-state index in [0.29, 0.717) is 17.8 Å². The van der Waals surface area contributed by atoms with Crippen LogP contribution >= 0.6 is 0 Å². The van der Waals surface area contributed by atoms with E-state index in [1.807, 2.05) is 12.2 Å². The third-order valence-electron chi connectivity index (χ3n) is 13.1. The van der Waals surface area contributed by atoms with Crippen LogP contribution in [0.3, 0.4) is 0 Å². The van der Waals surface area contributed by atoms with Gasteiger partial charge in [0.15, 0.2) is 0 Å². The van der Waals surface area contributed by atoms with Crippen molar-refractivity contribution in [3.8, 4) is 11.1 Å². The first-order chi connectivity index (χ1) is 30.2. The average molecular weight is 807 g/mol. The molecule has 0 saturated carbocycles. The summed E-state index contributed by atoms with van der Waals surface area (Å²) in [4.78, 5) is 5.21. The predicted octanol–water partition coefficient (Wildman–Crippen LogP) is 16.8. The van der Waals surface area contributed by atoms with E-state index in [1.165, 1.54) is 71.4 Å². The molecule has 2 aliphatic rings. The maximum absolute atomic E-state index is 3.96. The van der Waals surface area contributed by atoms with Crippen molar-refractivity contribution in [2.45, 2.75) is 66.0 Å². The lowest BCUT2D eigenvalue weighted by atomic mass is 9.84. The number of para-hydroxylation sites is 1. The van der Waals surface area contributed by atoms with Gasteiger partial charge in [0.2, 0.25) is 0 Å². The standard InChI is InChI=1S/C60H58N2/c1-8-9-12-19-42(6)54-38-58(62(56-25-18-17-20-43(56)7)49-32-28-45(29-33-49)41(4)5)53-37-35-51-55(46-21-13-10-14-22-46)39-57(52-36-34-50(54)59(53)60(51)52)61(47-23-15-11-16-24-47)48-30-26-44(27-31-48)40(2)3/h8-32,34-41,43,49,56H,1,33H2,2-7H3/b12-9-,42-19+. The second-order valence-electron chi connectivity index (χ2n) is 17.8. The van der Waals surface area contributed by atoms with Crippen molar-refractivity contribution >= 4 is 60.6 Å². The lowest BCUT2D eigenvalue weighted by molar-refractivity contribution is 0.526. The highest BCUT2D eigenvalue weighted by molar-refractivity contribution is 6.31. The van der Waals surface area contributed by atoms with Crippen LogP contribution in [0, 0.1) is 11.8 Å². The number of anilines is 4. The molecule has 0 fully saturated rings. The van der Waals surface area contributed by atoms with Crippen molar-refractivity contribution in [3.05, 3.63) is 211 Å². The Hall–Kier alpha value is -6.64. The molecule has 0 amide bonds. The summed E-state index contributed by atoms with van der Waals surface area (Å²) < 4.78 is 0. The van der Waals surface area contributed by atoms with Crippen LogP contribution in [0.25, 0.3) is 49.0 Å². The number of benzene rings is 7. The fourth-order valence-electron chi connectivity index (χ4n) is 9.79. The van der Waals surface area contributed by atoms with Crippen molar-refractivity contribution in [1.29, 1.82) is 0 Å². The van der Waals surface area contributed by atoms with Crippen LogP contribution in [0.15, 0.2) is 200 Å². The van der Waals surface area contributed by atoms with Crippen molar-refractivity contribution in [3.63, 3.8) is 0 Å². The zero-order valence-corrected chi connectivity index (χ0v) is 37.1. The molecule has 7 aromatic rings. The number of rotatable bonds is 12. The van der Waals surface area contributed by atoms with Crippen molar-refractivity contribution < 1.29 is 0 Å². The lowest BCUT2D eigenvalue weighted by Crippen LogP contribution is -2.45. The molecule has 0 bridgehead atoms. The highest BCUT2D eigenvalue weighted by atomic mass is 15.2. The van der Waals surface area contributed by atoms with E-state index in [9.17, 15) is 0 Å². The van der Waals surface area contributed by atoms with Gasteiger partial charge < -0.3 is 9.80 Å². The first-order valence-corrected chi connectivity index (χ1v) is 22.5. The summed E-state index contributed by atoms with van der Waals surface area (Å²) in [5, 5.41) is 7.63. The normalized spacial score (nSPS) is 17.9. The molecule has 308 valence electrons. The first-order valence-electron chi connectivity index (χ1n) is 22.5. The number of nitrogens with zero attached hydrogens (tertiary/aromatic N) is 2. The summed E-state index contributed by atoms with van der Waals surface area (Å²) in [6.07, 6.45) is 25.7. The molecule has 3 unspecified atom stereocenters. The van der Waals surface area contributed by atoms with Crippen LogP contribution in [-0.4, -0.2) is 12.1 Å². The third-order valence-corrected chi connectivity index (χ3v) is 13.1. The molecule has 2 aliphatic carbocycles. The summed E-state index contributed by atoms with van der Waals surface area (Å²) >= 11 is 0. The molecule has 0 aliphatic heterocycles. The van der Waals surface area contributed by atoms with Crippen LogP contribution in [0.4, 0.5) is 22.7 Å². The molecule has 0 aromatic heterocycles. The Kier molecular flexibility index (Phi) is 11.4. The molecule has 0 N–H and O–H groups in total. The van der Waals surface area contributed by atoms with E-state index in [0.717, 1.165) is 23.5 Å². The number of hydrogen-bond acceptors (Lipinski definition) is 2. The minimum atomic E-state index is 0.178. The Labute approximate surface area is 369 Å². The lowest BCUT2D eigenvalue weighted by Gasteiger charge is -2.42. The van der Waals surface area contributed by atoms with Gasteiger partial charge in [-0.25, -0.2) is 0 Å². The molecule has 9 rings (SSSR count). The monoisotopic (exact) mass is 806 g/mol. The zero-order valence-electron chi connectivity index (χ0n) is 37.1. The summed E-state index contributed by atoms with van der Waals surface area (Å²) in [5.41, 5.74) is 12.3. The minimum Gasteiger partial charge on any atom is -0.357 e. The average Bonchev–Trinajstić information content (AvgIpc) is 3.30. The summed E-state index contributed by atoms with van der Waals surface area (Å²) in [7, 11) is 0. The Morgan fingerprint density at radius 1 is 0.661 bits per heavy atom. The second-order valence-corrected chi connectivity index (χ2v) is 17.8. The molecule has 3 atom stereocenters. The van der Waals surface area contributed by atoms with E-state index < -0.39 is 0 Å². The second kappa shape index (κ2) is 17.4. The minimum absolute atomic E-state index is 0.178. The fraction of sp³-hybridized carbons (Fsp3) is 0.200.